The number of ketones is 1. The Morgan fingerprint density at radius 1 is 1.15 bits per heavy atom. The molecule has 1 unspecified atom stereocenters. The lowest BCUT2D eigenvalue weighted by atomic mass is 9.95. The number of aliphatic hydroxyl groups is 1. The van der Waals surface area contributed by atoms with Crippen molar-refractivity contribution in [1.29, 1.82) is 0 Å². The van der Waals surface area contributed by atoms with Gasteiger partial charge in [0.1, 0.15) is 11.6 Å². The van der Waals surface area contributed by atoms with Gasteiger partial charge in [0.05, 0.1) is 23.2 Å². The van der Waals surface area contributed by atoms with Crippen molar-refractivity contribution in [3.05, 3.63) is 88.5 Å². The van der Waals surface area contributed by atoms with Crippen molar-refractivity contribution >= 4 is 34.7 Å². The van der Waals surface area contributed by atoms with Gasteiger partial charge in [0.25, 0.3) is 11.7 Å². The molecule has 33 heavy (non-hydrogen) atoms. The molecule has 3 aromatic rings. The number of ether oxygens (including phenoxy) is 1. The number of phenolic OH excluding ortho intramolecular Hbond substituents is 1. The third kappa shape index (κ3) is 4.01. The quantitative estimate of drug-likeness (QED) is 0.322. The first kappa shape index (κ1) is 22.3. The van der Waals surface area contributed by atoms with E-state index in [0.717, 1.165) is 11.0 Å². The Bertz CT molecular complexity index is 1280. The molecule has 0 spiro atoms. The number of hydrogen-bond acceptors (Lipinski definition) is 6. The Labute approximate surface area is 193 Å². The van der Waals surface area contributed by atoms with Crippen LogP contribution in [0.3, 0.4) is 0 Å². The lowest BCUT2D eigenvalue weighted by Gasteiger charge is -2.26. The Hall–Kier alpha value is -3.91. The van der Waals surface area contributed by atoms with Crippen LogP contribution in [0.1, 0.15) is 24.1 Å². The maximum atomic E-state index is 13.8. The number of carbonyl (C=O) groups excluding carboxylic acids is 2. The fourth-order valence-corrected chi connectivity index (χ4v) is 3.86. The molecule has 0 aliphatic carbocycles. The predicted octanol–water partition coefficient (Wildman–Crippen LogP) is 4.60. The van der Waals surface area contributed by atoms with Gasteiger partial charge >= 0.3 is 0 Å². The largest absolute Gasteiger partial charge is 0.507 e. The number of hydrogen-bond donors (Lipinski definition) is 2. The van der Waals surface area contributed by atoms with E-state index in [4.69, 9.17) is 16.3 Å². The van der Waals surface area contributed by atoms with E-state index in [-0.39, 0.29) is 40.0 Å². The minimum absolute atomic E-state index is 0.128. The SMILES string of the molecule is CCOc1cc(C2/C(=C(\O)c3ccncc3)C(=O)C(=O)N2c2ccc(F)c(Cl)c2)ccc1O. The van der Waals surface area contributed by atoms with Gasteiger partial charge in [-0.05, 0) is 55.0 Å². The molecule has 1 aliphatic heterocycles. The molecule has 0 saturated carbocycles. The molecule has 0 radical (unpaired) electrons. The third-order valence-electron chi connectivity index (χ3n) is 5.18. The zero-order chi connectivity index (χ0) is 23.7. The van der Waals surface area contributed by atoms with Crippen LogP contribution in [0.2, 0.25) is 5.02 Å². The summed E-state index contributed by atoms with van der Waals surface area (Å²) in [7, 11) is 0. The van der Waals surface area contributed by atoms with Crippen LogP contribution in [0.4, 0.5) is 10.1 Å². The highest BCUT2D eigenvalue weighted by Crippen LogP contribution is 2.44. The molecular weight excluding hydrogens is 451 g/mol. The Morgan fingerprint density at radius 2 is 1.88 bits per heavy atom. The highest BCUT2D eigenvalue weighted by atomic mass is 35.5. The summed E-state index contributed by atoms with van der Waals surface area (Å²) >= 11 is 5.93. The second-order valence-corrected chi connectivity index (χ2v) is 7.57. The third-order valence-corrected chi connectivity index (χ3v) is 5.47. The van der Waals surface area contributed by atoms with Crippen molar-refractivity contribution in [3.8, 4) is 11.5 Å². The number of pyridine rings is 1. The first-order valence-corrected chi connectivity index (χ1v) is 10.3. The molecule has 1 amide bonds. The lowest BCUT2D eigenvalue weighted by molar-refractivity contribution is -0.132. The number of anilines is 1. The summed E-state index contributed by atoms with van der Waals surface area (Å²) in [6.07, 6.45) is 2.88. The maximum absolute atomic E-state index is 13.8. The van der Waals surface area contributed by atoms with Gasteiger partial charge in [-0.25, -0.2) is 4.39 Å². The van der Waals surface area contributed by atoms with Gasteiger partial charge in [-0.2, -0.15) is 0 Å². The van der Waals surface area contributed by atoms with Crippen molar-refractivity contribution in [1.82, 2.24) is 4.98 Å². The maximum Gasteiger partial charge on any atom is 0.300 e. The average Bonchev–Trinajstić information content (AvgIpc) is 3.08. The van der Waals surface area contributed by atoms with Gasteiger partial charge in [0.2, 0.25) is 0 Å². The molecule has 2 aromatic carbocycles. The van der Waals surface area contributed by atoms with Crippen molar-refractivity contribution in [2.24, 2.45) is 0 Å². The number of nitrogens with zero attached hydrogens (tertiary/aromatic N) is 2. The number of carbonyl (C=O) groups is 2. The average molecular weight is 469 g/mol. The molecule has 1 fully saturated rings. The normalized spacial score (nSPS) is 17.4. The van der Waals surface area contributed by atoms with E-state index in [2.05, 4.69) is 4.98 Å². The minimum Gasteiger partial charge on any atom is -0.507 e. The Morgan fingerprint density at radius 3 is 2.55 bits per heavy atom. The van der Waals surface area contributed by atoms with Crippen LogP contribution < -0.4 is 9.64 Å². The van der Waals surface area contributed by atoms with E-state index in [1.54, 1.807) is 6.92 Å². The molecule has 168 valence electrons. The zero-order valence-electron chi connectivity index (χ0n) is 17.3. The van der Waals surface area contributed by atoms with Gasteiger partial charge in [-0.15, -0.1) is 0 Å². The van der Waals surface area contributed by atoms with Crippen LogP contribution >= 0.6 is 11.6 Å². The Balaban J connectivity index is 1.97. The van der Waals surface area contributed by atoms with Gasteiger partial charge in [-0.3, -0.25) is 19.5 Å². The number of benzene rings is 2. The van der Waals surface area contributed by atoms with E-state index in [1.165, 1.54) is 54.9 Å². The van der Waals surface area contributed by atoms with Gasteiger partial charge < -0.3 is 14.9 Å². The first-order valence-electron chi connectivity index (χ1n) is 9.95. The number of aromatic nitrogens is 1. The summed E-state index contributed by atoms with van der Waals surface area (Å²) in [5, 5.41) is 20.9. The fourth-order valence-electron chi connectivity index (χ4n) is 3.69. The van der Waals surface area contributed by atoms with Crippen LogP contribution in [-0.2, 0) is 9.59 Å². The summed E-state index contributed by atoms with van der Waals surface area (Å²) < 4.78 is 19.2. The second kappa shape index (κ2) is 8.91. The summed E-state index contributed by atoms with van der Waals surface area (Å²) in [6, 6.07) is 9.87. The van der Waals surface area contributed by atoms with Gasteiger partial charge in [-0.1, -0.05) is 17.7 Å². The minimum atomic E-state index is -1.10. The number of amides is 1. The van der Waals surface area contributed by atoms with Crippen molar-refractivity contribution in [2.75, 3.05) is 11.5 Å². The fraction of sp³-hybridized carbons (Fsp3) is 0.125. The number of aliphatic hydroxyl groups excluding tert-OH is 1. The molecular formula is C24H18ClFN2O5. The van der Waals surface area contributed by atoms with Crippen LogP contribution in [0.5, 0.6) is 11.5 Å². The molecule has 1 aliphatic rings. The van der Waals surface area contributed by atoms with E-state index < -0.39 is 29.3 Å². The zero-order valence-corrected chi connectivity index (χ0v) is 18.1. The van der Waals surface area contributed by atoms with Crippen LogP contribution in [0.15, 0.2) is 66.5 Å². The van der Waals surface area contributed by atoms with Crippen LogP contribution in [-0.4, -0.2) is 33.5 Å². The molecule has 1 saturated heterocycles. The van der Waals surface area contributed by atoms with Crippen molar-refractivity contribution < 1.29 is 28.9 Å². The molecule has 1 atom stereocenters. The summed E-state index contributed by atoms with van der Waals surface area (Å²) in [6.45, 7) is 2.00. The van der Waals surface area contributed by atoms with Crippen LogP contribution in [0.25, 0.3) is 5.76 Å². The molecule has 2 heterocycles. The smallest absolute Gasteiger partial charge is 0.300 e. The second-order valence-electron chi connectivity index (χ2n) is 7.16. The van der Waals surface area contributed by atoms with E-state index in [9.17, 15) is 24.2 Å². The molecule has 9 heteroatoms. The van der Waals surface area contributed by atoms with Crippen LogP contribution in [0, 0.1) is 5.82 Å². The number of aromatic hydroxyl groups is 1. The predicted molar refractivity (Wildman–Crippen MR) is 120 cm³/mol. The highest BCUT2D eigenvalue weighted by Gasteiger charge is 2.47. The van der Waals surface area contributed by atoms with Gasteiger partial charge in [0, 0.05) is 23.6 Å². The number of rotatable bonds is 5. The molecule has 7 nitrogen and oxygen atoms in total. The van der Waals surface area contributed by atoms with E-state index in [1.807, 2.05) is 0 Å². The summed E-state index contributed by atoms with van der Waals surface area (Å²) in [5.74, 6) is -2.93. The number of Topliss-reactive ketones (excluding diaryl/α,β-unsaturated/α-hetero) is 1. The molecule has 2 N–H and O–H groups in total. The highest BCUT2D eigenvalue weighted by molar-refractivity contribution is 6.51. The molecule has 4 rings (SSSR count). The molecule has 0 bridgehead atoms. The summed E-state index contributed by atoms with van der Waals surface area (Å²) in [4.78, 5) is 31.2. The Kier molecular flexibility index (Phi) is 6.02. The standard InChI is InChI=1S/C24H18ClFN2O5/c1-2-33-19-11-14(3-6-18(19)29)21-20(22(30)13-7-9-27-10-8-13)23(31)24(32)28(21)15-4-5-17(26)16(25)12-15/h3-12,21,29-30H,2H2,1H3/b22-20+. The molecule has 1 aromatic heterocycles. The topological polar surface area (TPSA) is 100.0 Å². The summed E-state index contributed by atoms with van der Waals surface area (Å²) in [5.41, 5.74) is 0.647. The van der Waals surface area contributed by atoms with Crippen molar-refractivity contribution in [3.63, 3.8) is 0 Å². The first-order chi connectivity index (χ1) is 15.8. The van der Waals surface area contributed by atoms with Crippen molar-refractivity contribution in [2.45, 2.75) is 13.0 Å². The van der Waals surface area contributed by atoms with E-state index >= 15 is 0 Å². The lowest BCUT2D eigenvalue weighted by Crippen LogP contribution is -2.29. The number of halogens is 2. The monoisotopic (exact) mass is 468 g/mol. The number of phenols is 1. The van der Waals surface area contributed by atoms with Gasteiger partial charge in [0.15, 0.2) is 11.5 Å². The van der Waals surface area contributed by atoms with E-state index in [0.29, 0.717) is 5.56 Å².